The Bertz CT molecular complexity index is 568. The van der Waals surface area contributed by atoms with Gasteiger partial charge in [0.1, 0.15) is 5.75 Å². The van der Waals surface area contributed by atoms with E-state index in [0.29, 0.717) is 0 Å². The van der Waals surface area contributed by atoms with Crippen LogP contribution in [0.3, 0.4) is 0 Å². The van der Waals surface area contributed by atoms with Gasteiger partial charge in [0.05, 0.1) is 7.11 Å². The van der Waals surface area contributed by atoms with E-state index in [1.54, 1.807) is 7.11 Å². The van der Waals surface area contributed by atoms with Crippen LogP contribution in [0.5, 0.6) is 5.75 Å². The van der Waals surface area contributed by atoms with E-state index < -0.39 is 0 Å². The van der Waals surface area contributed by atoms with Gasteiger partial charge >= 0.3 is 0 Å². The van der Waals surface area contributed by atoms with Crippen molar-refractivity contribution in [3.8, 4) is 5.75 Å². The Morgan fingerprint density at radius 2 is 1.95 bits per heavy atom. The molecule has 1 unspecified atom stereocenters. The van der Waals surface area contributed by atoms with E-state index in [-0.39, 0.29) is 4.83 Å². The third kappa shape index (κ3) is 3.52. The number of ether oxygens (including phenoxy) is 1. The second kappa shape index (κ2) is 6.44. The van der Waals surface area contributed by atoms with E-state index in [9.17, 15) is 0 Å². The second-order valence-corrected chi connectivity index (χ2v) is 5.99. The molecule has 0 aliphatic carbocycles. The minimum absolute atomic E-state index is 0.248. The Hall–Kier alpha value is -0.990. The fourth-order valence-corrected chi connectivity index (χ4v) is 3.13. The fraction of sp³-hybridized carbons (Fsp3) is 0.250. The number of hydrogen-bond acceptors (Lipinski definition) is 1. The predicted octanol–water partition coefficient (Wildman–Crippen LogP) is 5.34. The van der Waals surface area contributed by atoms with Gasteiger partial charge < -0.3 is 4.74 Å². The Morgan fingerprint density at radius 3 is 2.68 bits per heavy atom. The van der Waals surface area contributed by atoms with Crippen LogP contribution in [-0.2, 0) is 6.42 Å². The van der Waals surface area contributed by atoms with Gasteiger partial charge in [0.15, 0.2) is 0 Å². The number of methoxy groups -OCH3 is 1. The van der Waals surface area contributed by atoms with Crippen molar-refractivity contribution < 1.29 is 4.74 Å². The lowest BCUT2D eigenvalue weighted by Crippen LogP contribution is -1.98. The van der Waals surface area contributed by atoms with E-state index >= 15 is 0 Å². The van der Waals surface area contributed by atoms with Crippen molar-refractivity contribution in [2.45, 2.75) is 18.2 Å². The number of halogens is 2. The molecule has 0 saturated heterocycles. The molecule has 2 rings (SSSR count). The Kier molecular flexibility index (Phi) is 4.89. The molecule has 1 nitrogen and oxygen atoms in total. The Labute approximate surface area is 127 Å². The van der Waals surface area contributed by atoms with Gasteiger partial charge in [-0.25, -0.2) is 0 Å². The van der Waals surface area contributed by atoms with Crippen LogP contribution in [-0.4, -0.2) is 7.11 Å². The zero-order valence-electron chi connectivity index (χ0n) is 11.0. The molecule has 0 amide bonds. The van der Waals surface area contributed by atoms with Gasteiger partial charge in [-0.2, -0.15) is 0 Å². The van der Waals surface area contributed by atoms with Gasteiger partial charge in [0.2, 0.25) is 0 Å². The maximum atomic E-state index is 6.17. The summed E-state index contributed by atoms with van der Waals surface area (Å²) >= 11 is 9.92. The number of rotatable bonds is 4. The highest BCUT2D eigenvalue weighted by atomic mass is 79.9. The minimum atomic E-state index is 0.248. The molecule has 19 heavy (non-hydrogen) atoms. The molecule has 100 valence electrons. The van der Waals surface area contributed by atoms with Crippen molar-refractivity contribution in [3.63, 3.8) is 0 Å². The number of hydrogen-bond donors (Lipinski definition) is 0. The van der Waals surface area contributed by atoms with Crippen molar-refractivity contribution in [1.82, 2.24) is 0 Å². The number of alkyl halides is 1. The first-order valence-corrected chi connectivity index (χ1v) is 7.43. The van der Waals surface area contributed by atoms with Gasteiger partial charge in [-0.15, -0.1) is 0 Å². The highest BCUT2D eigenvalue weighted by Crippen LogP contribution is 2.32. The molecule has 3 heteroatoms. The quantitative estimate of drug-likeness (QED) is 0.684. The van der Waals surface area contributed by atoms with Crippen LogP contribution in [0.25, 0.3) is 0 Å². The van der Waals surface area contributed by atoms with E-state index in [1.807, 2.05) is 24.3 Å². The van der Waals surface area contributed by atoms with Crippen molar-refractivity contribution in [2.24, 2.45) is 0 Å². The van der Waals surface area contributed by atoms with Crippen molar-refractivity contribution >= 4 is 27.5 Å². The van der Waals surface area contributed by atoms with Crippen molar-refractivity contribution in [3.05, 3.63) is 64.2 Å². The molecule has 2 aromatic rings. The fourth-order valence-electron chi connectivity index (χ4n) is 2.08. The zero-order valence-corrected chi connectivity index (χ0v) is 13.3. The van der Waals surface area contributed by atoms with Crippen LogP contribution in [0.15, 0.2) is 42.5 Å². The first-order chi connectivity index (χ1) is 9.11. The van der Waals surface area contributed by atoms with Crippen LogP contribution in [0.2, 0.25) is 5.02 Å². The third-order valence-electron chi connectivity index (χ3n) is 3.20. The third-order valence-corrected chi connectivity index (χ3v) is 4.42. The SMILES string of the molecule is COc1cccc(CC(Br)c2cccc(Cl)c2C)c1. The summed E-state index contributed by atoms with van der Waals surface area (Å²) in [6, 6.07) is 14.2. The van der Waals surface area contributed by atoms with Gasteiger partial charge in [-0.1, -0.05) is 51.8 Å². The molecule has 0 radical (unpaired) electrons. The molecule has 1 atom stereocenters. The largest absolute Gasteiger partial charge is 0.497 e. The standard InChI is InChI=1S/C16H16BrClO/c1-11-14(7-4-8-16(11)18)15(17)10-12-5-3-6-13(9-12)19-2/h3-9,15H,10H2,1-2H3. The summed E-state index contributed by atoms with van der Waals surface area (Å²) in [5.74, 6) is 0.889. The minimum Gasteiger partial charge on any atom is -0.497 e. The van der Waals surface area contributed by atoms with Gasteiger partial charge in [-0.05, 0) is 48.2 Å². The molecule has 0 N–H and O–H groups in total. The molecule has 2 aromatic carbocycles. The van der Waals surface area contributed by atoms with Crippen LogP contribution in [0.4, 0.5) is 0 Å². The summed E-state index contributed by atoms with van der Waals surface area (Å²) < 4.78 is 5.25. The maximum absolute atomic E-state index is 6.17. The molecular formula is C16H16BrClO. The number of benzene rings is 2. The molecule has 0 aliphatic heterocycles. The lowest BCUT2D eigenvalue weighted by Gasteiger charge is -2.14. The highest BCUT2D eigenvalue weighted by Gasteiger charge is 2.13. The normalized spacial score (nSPS) is 12.2. The molecule has 0 spiro atoms. The molecule has 0 saturated carbocycles. The van der Waals surface area contributed by atoms with E-state index in [2.05, 4.69) is 41.1 Å². The molecule has 0 heterocycles. The van der Waals surface area contributed by atoms with Gasteiger partial charge in [-0.3, -0.25) is 0 Å². The highest BCUT2D eigenvalue weighted by molar-refractivity contribution is 9.09. The van der Waals surface area contributed by atoms with Crippen LogP contribution >= 0.6 is 27.5 Å². The summed E-state index contributed by atoms with van der Waals surface area (Å²) in [5, 5.41) is 0.813. The van der Waals surface area contributed by atoms with E-state index in [4.69, 9.17) is 16.3 Å². The molecule has 0 aliphatic rings. The summed E-state index contributed by atoms with van der Waals surface area (Å²) in [7, 11) is 1.69. The zero-order chi connectivity index (χ0) is 13.8. The van der Waals surface area contributed by atoms with Crippen molar-refractivity contribution in [1.29, 1.82) is 0 Å². The predicted molar refractivity (Wildman–Crippen MR) is 84.6 cm³/mol. The first-order valence-electron chi connectivity index (χ1n) is 6.14. The molecule has 0 fully saturated rings. The first kappa shape index (κ1) is 14.4. The summed E-state index contributed by atoms with van der Waals surface area (Å²) in [6.07, 6.45) is 0.901. The average Bonchev–Trinajstić information content (AvgIpc) is 2.42. The lowest BCUT2D eigenvalue weighted by molar-refractivity contribution is 0.414. The Balaban J connectivity index is 2.20. The molecular weight excluding hydrogens is 324 g/mol. The summed E-state index contributed by atoms with van der Waals surface area (Å²) in [5.41, 5.74) is 3.60. The monoisotopic (exact) mass is 338 g/mol. The smallest absolute Gasteiger partial charge is 0.119 e. The summed E-state index contributed by atoms with van der Waals surface area (Å²) in [4.78, 5) is 0.248. The van der Waals surface area contributed by atoms with Crippen LogP contribution in [0.1, 0.15) is 21.5 Å². The second-order valence-electron chi connectivity index (χ2n) is 4.48. The molecule has 0 bridgehead atoms. The van der Waals surface area contributed by atoms with E-state index in [0.717, 1.165) is 22.8 Å². The maximum Gasteiger partial charge on any atom is 0.119 e. The average molecular weight is 340 g/mol. The van der Waals surface area contributed by atoms with E-state index in [1.165, 1.54) is 11.1 Å². The van der Waals surface area contributed by atoms with Crippen LogP contribution < -0.4 is 4.74 Å². The van der Waals surface area contributed by atoms with Gasteiger partial charge in [0, 0.05) is 9.85 Å². The Morgan fingerprint density at radius 1 is 1.21 bits per heavy atom. The van der Waals surface area contributed by atoms with Crippen LogP contribution in [0, 0.1) is 6.92 Å². The van der Waals surface area contributed by atoms with Gasteiger partial charge in [0.25, 0.3) is 0 Å². The molecule has 0 aromatic heterocycles. The topological polar surface area (TPSA) is 9.23 Å². The lowest BCUT2D eigenvalue weighted by atomic mass is 10.0. The summed E-state index contributed by atoms with van der Waals surface area (Å²) in [6.45, 7) is 2.05. The van der Waals surface area contributed by atoms with Crippen molar-refractivity contribution in [2.75, 3.05) is 7.11 Å².